The predicted octanol–water partition coefficient (Wildman–Crippen LogP) is 2.43. The summed E-state index contributed by atoms with van der Waals surface area (Å²) < 4.78 is 0. The van der Waals surface area contributed by atoms with Gasteiger partial charge in [0.1, 0.15) is 18.0 Å². The van der Waals surface area contributed by atoms with Crippen molar-refractivity contribution in [3.63, 3.8) is 0 Å². The third kappa shape index (κ3) is 5.83. The van der Waals surface area contributed by atoms with E-state index < -0.39 is 0 Å². The molecule has 9 heteroatoms. The Kier molecular flexibility index (Phi) is 7.68. The van der Waals surface area contributed by atoms with E-state index in [2.05, 4.69) is 42.0 Å². The van der Waals surface area contributed by atoms with Gasteiger partial charge in [0.2, 0.25) is 11.9 Å². The summed E-state index contributed by atoms with van der Waals surface area (Å²) in [5.41, 5.74) is 0. The van der Waals surface area contributed by atoms with E-state index in [1.54, 1.807) is 18.7 Å². The molecule has 1 N–H and O–H groups in total. The van der Waals surface area contributed by atoms with Crippen LogP contribution in [0.15, 0.2) is 30.9 Å². The van der Waals surface area contributed by atoms with E-state index in [4.69, 9.17) is 0 Å². The van der Waals surface area contributed by atoms with Crippen LogP contribution in [0, 0.1) is 5.92 Å². The smallest absolute Gasteiger partial charge is 0.225 e. The maximum absolute atomic E-state index is 12.7. The first-order valence-electron chi connectivity index (χ1n) is 11.8. The molecule has 2 aliphatic rings. The number of piperazine rings is 1. The zero-order valence-corrected chi connectivity index (χ0v) is 19.0. The van der Waals surface area contributed by atoms with Crippen molar-refractivity contribution in [1.29, 1.82) is 0 Å². The highest BCUT2D eigenvalue weighted by Crippen LogP contribution is 2.26. The van der Waals surface area contributed by atoms with Crippen LogP contribution in [0.5, 0.6) is 0 Å². The number of rotatable bonds is 8. The molecule has 4 rings (SSSR count). The molecule has 0 saturated carbocycles. The first-order valence-corrected chi connectivity index (χ1v) is 11.8. The second kappa shape index (κ2) is 11.1. The summed E-state index contributed by atoms with van der Waals surface area (Å²) in [7, 11) is 0. The molecule has 172 valence electrons. The minimum atomic E-state index is 0.281. The molecule has 2 aromatic heterocycles. The molecule has 0 atom stereocenters. The minimum absolute atomic E-state index is 0.281. The highest BCUT2D eigenvalue weighted by Gasteiger charge is 2.25. The first-order chi connectivity index (χ1) is 15.7. The molecule has 0 spiro atoms. The lowest BCUT2D eigenvalue weighted by molar-refractivity contribution is -0.131. The van der Waals surface area contributed by atoms with E-state index in [-0.39, 0.29) is 5.91 Å². The first kappa shape index (κ1) is 22.2. The Morgan fingerprint density at radius 2 is 1.75 bits per heavy atom. The molecule has 2 fully saturated rings. The molecule has 4 heterocycles. The average Bonchev–Trinajstić information content (AvgIpc) is 2.87. The second-order valence-corrected chi connectivity index (χ2v) is 8.57. The zero-order valence-electron chi connectivity index (χ0n) is 19.0. The quantitative estimate of drug-likeness (QED) is 0.672. The highest BCUT2D eigenvalue weighted by atomic mass is 16.2. The van der Waals surface area contributed by atoms with E-state index in [0.29, 0.717) is 12.3 Å². The fourth-order valence-electron chi connectivity index (χ4n) is 4.42. The summed E-state index contributed by atoms with van der Waals surface area (Å²) in [6.45, 7) is 8.11. The lowest BCUT2D eigenvalue weighted by atomic mass is 9.92. The number of hydrogen-bond acceptors (Lipinski definition) is 8. The van der Waals surface area contributed by atoms with Crippen molar-refractivity contribution in [3.05, 3.63) is 30.9 Å². The van der Waals surface area contributed by atoms with Gasteiger partial charge in [-0.2, -0.15) is 0 Å². The number of nitrogens with zero attached hydrogens (tertiary/aromatic N) is 7. The molecule has 0 unspecified atom stereocenters. The Labute approximate surface area is 190 Å². The van der Waals surface area contributed by atoms with Crippen molar-refractivity contribution in [2.75, 3.05) is 60.9 Å². The molecular weight excluding hydrogens is 404 g/mol. The molecule has 0 aliphatic carbocycles. The van der Waals surface area contributed by atoms with Gasteiger partial charge in [-0.25, -0.2) is 19.9 Å². The molecule has 0 aromatic carbocycles. The monoisotopic (exact) mass is 438 g/mol. The van der Waals surface area contributed by atoms with Crippen molar-refractivity contribution in [2.45, 2.75) is 39.0 Å². The lowest BCUT2D eigenvalue weighted by Gasteiger charge is -2.35. The maximum Gasteiger partial charge on any atom is 0.225 e. The van der Waals surface area contributed by atoms with Crippen LogP contribution in [0.3, 0.4) is 0 Å². The highest BCUT2D eigenvalue weighted by molar-refractivity contribution is 5.76. The maximum atomic E-state index is 12.7. The Hall–Kier alpha value is -2.97. The zero-order chi connectivity index (χ0) is 22.2. The molecule has 0 bridgehead atoms. The Bertz CT molecular complexity index is 848. The van der Waals surface area contributed by atoms with E-state index in [1.807, 2.05) is 17.0 Å². The summed E-state index contributed by atoms with van der Waals surface area (Å²) in [6.07, 6.45) is 10.1. The van der Waals surface area contributed by atoms with E-state index in [9.17, 15) is 4.79 Å². The van der Waals surface area contributed by atoms with Crippen LogP contribution in [-0.4, -0.2) is 76.6 Å². The summed E-state index contributed by atoms with van der Waals surface area (Å²) in [5, 5.41) is 3.33. The van der Waals surface area contributed by atoms with Crippen molar-refractivity contribution < 1.29 is 4.79 Å². The number of carbonyl (C=O) groups excluding carboxylic acids is 1. The van der Waals surface area contributed by atoms with Crippen LogP contribution in [-0.2, 0) is 4.79 Å². The predicted molar refractivity (Wildman–Crippen MR) is 126 cm³/mol. The van der Waals surface area contributed by atoms with Crippen molar-refractivity contribution in [2.24, 2.45) is 5.92 Å². The van der Waals surface area contributed by atoms with Crippen LogP contribution >= 0.6 is 0 Å². The van der Waals surface area contributed by atoms with Crippen molar-refractivity contribution in [3.8, 4) is 0 Å². The molecule has 0 radical (unpaired) electrons. The fraction of sp³-hybridized carbons (Fsp3) is 0.609. The summed E-state index contributed by atoms with van der Waals surface area (Å²) >= 11 is 0. The molecule has 1 amide bonds. The molecule has 32 heavy (non-hydrogen) atoms. The van der Waals surface area contributed by atoms with Gasteiger partial charge in [0.25, 0.3) is 0 Å². The van der Waals surface area contributed by atoms with E-state index in [1.165, 1.54) is 0 Å². The van der Waals surface area contributed by atoms with Crippen LogP contribution in [0.2, 0.25) is 0 Å². The van der Waals surface area contributed by atoms with Crippen molar-refractivity contribution in [1.82, 2.24) is 24.8 Å². The molecular formula is C23H34N8O. The van der Waals surface area contributed by atoms with Gasteiger partial charge in [-0.05, 0) is 37.7 Å². The summed E-state index contributed by atoms with van der Waals surface area (Å²) in [4.78, 5) is 36.6. The van der Waals surface area contributed by atoms with Gasteiger partial charge in [0.15, 0.2) is 0 Å². The number of carbonyl (C=O) groups is 1. The fourth-order valence-corrected chi connectivity index (χ4v) is 4.42. The van der Waals surface area contributed by atoms with Crippen LogP contribution in [0.25, 0.3) is 0 Å². The van der Waals surface area contributed by atoms with Crippen LogP contribution in [0.4, 0.5) is 17.6 Å². The largest absolute Gasteiger partial charge is 0.370 e. The van der Waals surface area contributed by atoms with Gasteiger partial charge in [-0.3, -0.25) is 4.79 Å². The Morgan fingerprint density at radius 3 is 2.47 bits per heavy atom. The van der Waals surface area contributed by atoms with Gasteiger partial charge < -0.3 is 20.0 Å². The number of amides is 1. The number of nitrogens with one attached hydrogen (secondary N) is 1. The topological polar surface area (TPSA) is 90.4 Å². The van der Waals surface area contributed by atoms with Gasteiger partial charge in [0, 0.05) is 70.7 Å². The SMILES string of the molecule is CCCNc1cc(N2CCC(CCC(=O)N3CCN(c4ncccn4)CC3)CC2)ncn1. The summed E-state index contributed by atoms with van der Waals surface area (Å²) in [5.74, 6) is 3.53. The Balaban J connectivity index is 1.17. The van der Waals surface area contributed by atoms with Gasteiger partial charge in [0.05, 0.1) is 0 Å². The number of anilines is 3. The van der Waals surface area contributed by atoms with Crippen LogP contribution < -0.4 is 15.1 Å². The van der Waals surface area contributed by atoms with Crippen molar-refractivity contribution >= 4 is 23.5 Å². The normalized spacial score (nSPS) is 17.5. The summed E-state index contributed by atoms with van der Waals surface area (Å²) in [6, 6.07) is 3.86. The second-order valence-electron chi connectivity index (χ2n) is 8.57. The third-order valence-corrected chi connectivity index (χ3v) is 6.38. The number of piperidine rings is 1. The van der Waals surface area contributed by atoms with Gasteiger partial charge in [-0.15, -0.1) is 0 Å². The molecule has 2 aliphatic heterocycles. The lowest BCUT2D eigenvalue weighted by Crippen LogP contribution is -2.49. The molecule has 2 saturated heterocycles. The Morgan fingerprint density at radius 1 is 1.00 bits per heavy atom. The van der Waals surface area contributed by atoms with Gasteiger partial charge in [-0.1, -0.05) is 6.92 Å². The van der Waals surface area contributed by atoms with E-state index >= 15 is 0 Å². The third-order valence-electron chi connectivity index (χ3n) is 6.38. The molecule has 2 aromatic rings. The number of aromatic nitrogens is 4. The van der Waals surface area contributed by atoms with Crippen LogP contribution in [0.1, 0.15) is 39.0 Å². The standard InChI is InChI=1S/C23H34N8O/c1-2-8-24-20-17-21(28-18-27-20)29-11-6-19(7-12-29)4-5-22(32)30-13-15-31(16-14-30)23-25-9-3-10-26-23/h3,9-10,17-19H,2,4-8,11-16H2,1H3,(H,24,27,28). The van der Waals surface area contributed by atoms with E-state index in [0.717, 1.165) is 89.1 Å². The number of hydrogen-bond donors (Lipinski definition) is 1. The minimum Gasteiger partial charge on any atom is -0.370 e. The van der Waals surface area contributed by atoms with Gasteiger partial charge >= 0.3 is 0 Å². The molecule has 9 nitrogen and oxygen atoms in total. The average molecular weight is 439 g/mol.